The number of halogens is 1. The van der Waals surface area contributed by atoms with E-state index >= 15 is 0 Å². The van der Waals surface area contributed by atoms with E-state index in [1.165, 1.54) is 12.0 Å². The third-order valence-corrected chi connectivity index (χ3v) is 6.26. The molecule has 178 valence electrons. The molecule has 8 heteroatoms. The number of rotatable bonds is 8. The molecule has 0 fully saturated rings. The number of hydrogen-bond acceptors (Lipinski definition) is 5. The van der Waals surface area contributed by atoms with Crippen molar-refractivity contribution in [3.8, 4) is 0 Å². The maximum Gasteiger partial charge on any atom is 0.354 e. The van der Waals surface area contributed by atoms with E-state index in [1.807, 2.05) is 6.92 Å². The van der Waals surface area contributed by atoms with Crippen molar-refractivity contribution in [2.75, 3.05) is 7.11 Å². The van der Waals surface area contributed by atoms with Gasteiger partial charge in [0, 0.05) is 47.3 Å². The minimum absolute atomic E-state index is 0.216. The molecule has 1 amide bonds. The summed E-state index contributed by atoms with van der Waals surface area (Å²) in [6.07, 6.45) is 3.29. The van der Waals surface area contributed by atoms with Gasteiger partial charge in [0.15, 0.2) is 5.78 Å². The number of aromatic nitrogens is 2. The molecule has 0 N–H and O–H groups in total. The monoisotopic (exact) mass is 481 g/mol. The number of benzene rings is 1. The zero-order valence-electron chi connectivity index (χ0n) is 20.0. The summed E-state index contributed by atoms with van der Waals surface area (Å²) in [6, 6.07) is 9.38. The summed E-state index contributed by atoms with van der Waals surface area (Å²) in [7, 11) is 1.31. The highest BCUT2D eigenvalue weighted by Gasteiger charge is 2.33. The molecule has 0 radical (unpaired) electrons. The van der Waals surface area contributed by atoms with Crippen LogP contribution >= 0.6 is 11.6 Å². The van der Waals surface area contributed by atoms with Gasteiger partial charge in [-0.15, -0.1) is 0 Å². The second kappa shape index (κ2) is 10.7. The number of carbonyl (C=O) groups excluding carboxylic acids is 3. The average Bonchev–Trinajstić information content (AvgIpc) is 3.10. The Balaban J connectivity index is 2.05. The maximum atomic E-state index is 13.8. The highest BCUT2D eigenvalue weighted by atomic mass is 35.5. The molecule has 1 atom stereocenters. The molecule has 3 rings (SSSR count). The summed E-state index contributed by atoms with van der Waals surface area (Å²) in [5, 5.41) is 0.517. The fourth-order valence-corrected chi connectivity index (χ4v) is 4.32. The van der Waals surface area contributed by atoms with Gasteiger partial charge < -0.3 is 14.2 Å². The van der Waals surface area contributed by atoms with Crippen LogP contribution in [-0.4, -0.2) is 45.3 Å². The fourth-order valence-electron chi connectivity index (χ4n) is 4.19. The number of amides is 1. The van der Waals surface area contributed by atoms with Crippen LogP contribution in [0.15, 0.2) is 48.8 Å². The van der Waals surface area contributed by atoms with E-state index in [-0.39, 0.29) is 18.2 Å². The number of Topliss-reactive ketones (excluding diaryl/α,β-unsaturated/α-hetero) is 1. The minimum atomic E-state index is -0.799. The summed E-state index contributed by atoms with van der Waals surface area (Å²) in [5.41, 5.74) is 3.26. The van der Waals surface area contributed by atoms with Crippen LogP contribution in [0.3, 0.4) is 0 Å². The SMILES string of the molecule is CCn1c(C)c(C(=O)C(C)N(Cc2ccncc2)C(=O)c2ccc(Cl)cc2)c(C)c1C(=O)OC. The maximum absolute atomic E-state index is 13.8. The number of methoxy groups -OCH3 is 1. The van der Waals surface area contributed by atoms with E-state index in [4.69, 9.17) is 16.3 Å². The van der Waals surface area contributed by atoms with Gasteiger partial charge in [0.1, 0.15) is 5.69 Å². The number of ketones is 1. The summed E-state index contributed by atoms with van der Waals surface area (Å²) in [6.45, 7) is 7.86. The third kappa shape index (κ3) is 4.89. The first-order chi connectivity index (χ1) is 16.2. The summed E-state index contributed by atoms with van der Waals surface area (Å²) >= 11 is 6.00. The molecule has 0 saturated heterocycles. The van der Waals surface area contributed by atoms with E-state index < -0.39 is 12.0 Å². The number of ether oxygens (including phenoxy) is 1. The zero-order chi connectivity index (χ0) is 25.0. The molecular weight excluding hydrogens is 454 g/mol. The van der Waals surface area contributed by atoms with Crippen molar-refractivity contribution in [1.29, 1.82) is 0 Å². The lowest BCUT2D eigenvalue weighted by atomic mass is 9.98. The molecule has 0 aliphatic rings. The van der Waals surface area contributed by atoms with Crippen LogP contribution in [0.4, 0.5) is 0 Å². The van der Waals surface area contributed by atoms with Crippen molar-refractivity contribution in [2.45, 2.75) is 46.8 Å². The number of hydrogen-bond donors (Lipinski definition) is 0. The molecule has 2 heterocycles. The molecule has 2 aromatic heterocycles. The van der Waals surface area contributed by atoms with E-state index in [0.29, 0.717) is 39.6 Å². The van der Waals surface area contributed by atoms with Gasteiger partial charge in [0.2, 0.25) is 0 Å². The predicted octanol–water partition coefficient (Wildman–Crippen LogP) is 4.87. The highest BCUT2D eigenvalue weighted by molar-refractivity contribution is 6.30. The van der Waals surface area contributed by atoms with Gasteiger partial charge in [-0.1, -0.05) is 11.6 Å². The van der Waals surface area contributed by atoms with Crippen LogP contribution in [0.5, 0.6) is 0 Å². The van der Waals surface area contributed by atoms with Gasteiger partial charge in [-0.25, -0.2) is 4.79 Å². The van der Waals surface area contributed by atoms with E-state index in [0.717, 1.165) is 5.56 Å². The van der Waals surface area contributed by atoms with Crippen molar-refractivity contribution in [1.82, 2.24) is 14.5 Å². The van der Waals surface area contributed by atoms with Crippen LogP contribution in [-0.2, 0) is 17.8 Å². The zero-order valence-corrected chi connectivity index (χ0v) is 20.7. The van der Waals surface area contributed by atoms with Gasteiger partial charge in [-0.2, -0.15) is 0 Å². The summed E-state index contributed by atoms with van der Waals surface area (Å²) in [5.74, 6) is -1.04. The van der Waals surface area contributed by atoms with Crippen LogP contribution in [0.1, 0.15) is 61.9 Å². The van der Waals surface area contributed by atoms with E-state index in [9.17, 15) is 14.4 Å². The molecule has 1 aromatic carbocycles. The molecule has 0 aliphatic heterocycles. The smallest absolute Gasteiger partial charge is 0.354 e. The first-order valence-corrected chi connectivity index (χ1v) is 11.4. The Morgan fingerprint density at radius 3 is 2.26 bits per heavy atom. The molecule has 34 heavy (non-hydrogen) atoms. The van der Waals surface area contributed by atoms with Crippen molar-refractivity contribution in [3.63, 3.8) is 0 Å². The number of carbonyl (C=O) groups is 3. The molecule has 1 unspecified atom stereocenters. The number of pyridine rings is 1. The van der Waals surface area contributed by atoms with E-state index in [1.54, 1.807) is 74.1 Å². The number of nitrogens with zero attached hydrogens (tertiary/aromatic N) is 3. The van der Waals surface area contributed by atoms with Crippen molar-refractivity contribution in [3.05, 3.63) is 87.5 Å². The molecule has 0 bridgehead atoms. The summed E-state index contributed by atoms with van der Waals surface area (Å²) < 4.78 is 6.72. The molecular formula is C26H28ClN3O4. The Morgan fingerprint density at radius 2 is 1.71 bits per heavy atom. The summed E-state index contributed by atoms with van der Waals surface area (Å²) in [4.78, 5) is 45.3. The lowest BCUT2D eigenvalue weighted by Gasteiger charge is -2.29. The molecule has 0 aliphatic carbocycles. The van der Waals surface area contributed by atoms with Crippen molar-refractivity contribution >= 4 is 29.3 Å². The van der Waals surface area contributed by atoms with Gasteiger partial charge in [0.05, 0.1) is 13.2 Å². The third-order valence-electron chi connectivity index (χ3n) is 6.01. The fraction of sp³-hybridized carbons (Fsp3) is 0.308. The molecule has 0 saturated carbocycles. The Hall–Kier alpha value is -3.45. The van der Waals surface area contributed by atoms with Crippen LogP contribution in [0.25, 0.3) is 0 Å². The van der Waals surface area contributed by atoms with Crippen LogP contribution in [0, 0.1) is 13.8 Å². The van der Waals surface area contributed by atoms with Gasteiger partial charge in [-0.3, -0.25) is 14.6 Å². The van der Waals surface area contributed by atoms with Crippen molar-refractivity contribution in [2.24, 2.45) is 0 Å². The minimum Gasteiger partial charge on any atom is -0.464 e. The molecule has 0 spiro atoms. The van der Waals surface area contributed by atoms with Crippen molar-refractivity contribution < 1.29 is 19.1 Å². The predicted molar refractivity (Wildman–Crippen MR) is 130 cm³/mol. The van der Waals surface area contributed by atoms with Gasteiger partial charge in [0.25, 0.3) is 5.91 Å². The quantitative estimate of drug-likeness (QED) is 0.338. The average molecular weight is 482 g/mol. The van der Waals surface area contributed by atoms with Gasteiger partial charge >= 0.3 is 5.97 Å². The Labute approximate surface area is 204 Å². The first-order valence-electron chi connectivity index (χ1n) is 11.0. The standard InChI is InChI=1S/C26H28ClN3O4/c1-6-29-17(3)22(16(2)23(29)26(33)34-5)24(31)18(4)30(15-19-11-13-28-14-12-19)25(32)20-7-9-21(27)10-8-20/h7-14,18H,6,15H2,1-5H3. The lowest BCUT2D eigenvalue weighted by Crippen LogP contribution is -2.43. The van der Waals surface area contributed by atoms with Gasteiger partial charge in [-0.05, 0) is 75.2 Å². The number of esters is 1. The first kappa shape index (κ1) is 25.2. The Bertz CT molecular complexity index is 1200. The Kier molecular flexibility index (Phi) is 7.89. The Morgan fingerprint density at radius 1 is 1.09 bits per heavy atom. The topological polar surface area (TPSA) is 81.5 Å². The highest BCUT2D eigenvalue weighted by Crippen LogP contribution is 2.27. The largest absolute Gasteiger partial charge is 0.464 e. The lowest BCUT2D eigenvalue weighted by molar-refractivity contribution is 0.0586. The second-order valence-electron chi connectivity index (χ2n) is 8.01. The van der Waals surface area contributed by atoms with Crippen LogP contribution < -0.4 is 0 Å². The second-order valence-corrected chi connectivity index (χ2v) is 8.44. The van der Waals surface area contributed by atoms with E-state index in [2.05, 4.69) is 4.98 Å². The normalized spacial score (nSPS) is 11.7. The van der Waals surface area contributed by atoms with Crippen LogP contribution in [0.2, 0.25) is 5.02 Å². The molecule has 3 aromatic rings. The molecule has 7 nitrogen and oxygen atoms in total.